The van der Waals surface area contributed by atoms with Crippen LogP contribution in [0.3, 0.4) is 0 Å². The van der Waals surface area contributed by atoms with Crippen molar-refractivity contribution in [2.75, 3.05) is 26.2 Å². The molecule has 0 amide bonds. The van der Waals surface area contributed by atoms with E-state index in [0.29, 0.717) is 6.54 Å². The topological polar surface area (TPSA) is 21.7 Å². The summed E-state index contributed by atoms with van der Waals surface area (Å²) in [6.45, 7) is 4.57. The SMILES string of the molecule is CC1(Oc2ccccc2)CCN(CCOc2ccccc2C(F)(F)F)CC1. The van der Waals surface area contributed by atoms with Gasteiger partial charge < -0.3 is 9.47 Å². The lowest BCUT2D eigenvalue weighted by atomic mass is 9.93. The molecule has 27 heavy (non-hydrogen) atoms. The molecule has 0 saturated carbocycles. The van der Waals surface area contributed by atoms with E-state index in [-0.39, 0.29) is 18.0 Å². The fraction of sp³-hybridized carbons (Fsp3) is 0.429. The first kappa shape index (κ1) is 19.5. The summed E-state index contributed by atoms with van der Waals surface area (Å²) in [6, 6.07) is 15.1. The Labute approximate surface area is 157 Å². The largest absolute Gasteiger partial charge is 0.492 e. The number of halogens is 3. The minimum atomic E-state index is -4.40. The van der Waals surface area contributed by atoms with Crippen molar-refractivity contribution >= 4 is 0 Å². The van der Waals surface area contributed by atoms with E-state index in [1.54, 1.807) is 6.07 Å². The molecule has 1 aliphatic heterocycles. The summed E-state index contributed by atoms with van der Waals surface area (Å²) >= 11 is 0. The van der Waals surface area contributed by atoms with Gasteiger partial charge in [0.1, 0.15) is 23.7 Å². The Morgan fingerprint density at radius 1 is 0.963 bits per heavy atom. The van der Waals surface area contributed by atoms with Gasteiger partial charge in [0, 0.05) is 19.6 Å². The van der Waals surface area contributed by atoms with Crippen LogP contribution in [0.15, 0.2) is 54.6 Å². The number of hydrogen-bond donors (Lipinski definition) is 0. The van der Waals surface area contributed by atoms with Crippen LogP contribution in [0.25, 0.3) is 0 Å². The molecule has 0 unspecified atom stereocenters. The molecule has 0 bridgehead atoms. The van der Waals surface area contributed by atoms with E-state index in [0.717, 1.165) is 37.7 Å². The first-order valence-electron chi connectivity index (χ1n) is 9.11. The fourth-order valence-electron chi connectivity index (χ4n) is 3.24. The molecule has 1 heterocycles. The van der Waals surface area contributed by atoms with E-state index in [4.69, 9.17) is 9.47 Å². The highest BCUT2D eigenvalue weighted by Crippen LogP contribution is 2.36. The lowest BCUT2D eigenvalue weighted by Gasteiger charge is -2.39. The molecule has 3 rings (SSSR count). The zero-order chi connectivity index (χ0) is 19.3. The van der Waals surface area contributed by atoms with Crippen molar-refractivity contribution in [2.45, 2.75) is 31.5 Å². The van der Waals surface area contributed by atoms with Gasteiger partial charge in [-0.05, 0) is 44.0 Å². The first-order valence-corrected chi connectivity index (χ1v) is 9.11. The second kappa shape index (κ2) is 8.21. The van der Waals surface area contributed by atoms with Crippen molar-refractivity contribution in [3.05, 3.63) is 60.2 Å². The maximum Gasteiger partial charge on any atom is 0.419 e. The fourth-order valence-corrected chi connectivity index (χ4v) is 3.24. The number of hydrogen-bond acceptors (Lipinski definition) is 3. The van der Waals surface area contributed by atoms with Crippen LogP contribution in [0, 0.1) is 0 Å². The highest BCUT2D eigenvalue weighted by molar-refractivity contribution is 5.35. The zero-order valence-corrected chi connectivity index (χ0v) is 15.3. The van der Waals surface area contributed by atoms with Crippen LogP contribution in [0.4, 0.5) is 13.2 Å². The molecule has 2 aromatic rings. The predicted octanol–water partition coefficient (Wildman–Crippen LogP) is 5.02. The van der Waals surface area contributed by atoms with Gasteiger partial charge in [0.2, 0.25) is 0 Å². The molecule has 0 aliphatic carbocycles. The molecule has 0 atom stereocenters. The molecule has 0 N–H and O–H groups in total. The lowest BCUT2D eigenvalue weighted by molar-refractivity contribution is -0.139. The Bertz CT molecular complexity index is 726. The van der Waals surface area contributed by atoms with Gasteiger partial charge in [0.15, 0.2) is 0 Å². The van der Waals surface area contributed by atoms with E-state index in [1.807, 2.05) is 30.3 Å². The smallest absolute Gasteiger partial charge is 0.419 e. The number of para-hydroxylation sites is 2. The molecule has 0 radical (unpaired) electrons. The Morgan fingerprint density at radius 3 is 2.26 bits per heavy atom. The van der Waals surface area contributed by atoms with Crippen molar-refractivity contribution in [1.29, 1.82) is 0 Å². The Kier molecular flexibility index (Phi) is 5.95. The van der Waals surface area contributed by atoms with Crippen LogP contribution in [-0.4, -0.2) is 36.7 Å². The number of benzene rings is 2. The van der Waals surface area contributed by atoms with Gasteiger partial charge in [-0.3, -0.25) is 4.90 Å². The zero-order valence-electron chi connectivity index (χ0n) is 15.3. The minimum absolute atomic E-state index is 0.112. The van der Waals surface area contributed by atoms with Gasteiger partial charge in [-0.25, -0.2) is 0 Å². The summed E-state index contributed by atoms with van der Waals surface area (Å²) in [7, 11) is 0. The maximum absolute atomic E-state index is 13.0. The molecule has 2 aromatic carbocycles. The Hall–Kier alpha value is -2.21. The van der Waals surface area contributed by atoms with Crippen LogP contribution < -0.4 is 9.47 Å². The third-order valence-electron chi connectivity index (χ3n) is 4.88. The van der Waals surface area contributed by atoms with E-state index < -0.39 is 11.7 Å². The van der Waals surface area contributed by atoms with Crippen molar-refractivity contribution in [1.82, 2.24) is 4.90 Å². The van der Waals surface area contributed by atoms with Gasteiger partial charge in [-0.15, -0.1) is 0 Å². The number of alkyl halides is 3. The summed E-state index contributed by atoms with van der Waals surface area (Å²) < 4.78 is 50.5. The van der Waals surface area contributed by atoms with Crippen molar-refractivity contribution in [3.63, 3.8) is 0 Å². The number of rotatable bonds is 6. The average Bonchev–Trinajstić information content (AvgIpc) is 2.64. The number of piperidine rings is 1. The molecule has 1 aliphatic rings. The third kappa shape index (κ3) is 5.39. The average molecular weight is 379 g/mol. The molecule has 0 spiro atoms. The van der Waals surface area contributed by atoms with Crippen LogP contribution in [0.1, 0.15) is 25.3 Å². The molecular weight excluding hydrogens is 355 g/mol. The van der Waals surface area contributed by atoms with E-state index in [1.165, 1.54) is 12.1 Å². The van der Waals surface area contributed by atoms with Crippen molar-refractivity contribution in [3.8, 4) is 11.5 Å². The Morgan fingerprint density at radius 2 is 1.59 bits per heavy atom. The van der Waals surface area contributed by atoms with Gasteiger partial charge in [0.05, 0.1) is 5.56 Å². The molecule has 1 saturated heterocycles. The van der Waals surface area contributed by atoms with Crippen LogP contribution >= 0.6 is 0 Å². The summed E-state index contributed by atoms with van der Waals surface area (Å²) in [5.41, 5.74) is -0.950. The molecule has 6 heteroatoms. The molecule has 3 nitrogen and oxygen atoms in total. The van der Waals surface area contributed by atoms with Crippen molar-refractivity contribution in [2.24, 2.45) is 0 Å². The summed E-state index contributed by atoms with van der Waals surface area (Å²) in [6.07, 6.45) is -2.68. The second-order valence-corrected chi connectivity index (χ2v) is 7.05. The lowest BCUT2D eigenvalue weighted by Crippen LogP contribution is -2.47. The van der Waals surface area contributed by atoms with E-state index >= 15 is 0 Å². The van der Waals surface area contributed by atoms with Gasteiger partial charge in [-0.1, -0.05) is 30.3 Å². The molecule has 0 aromatic heterocycles. The monoisotopic (exact) mass is 379 g/mol. The molecule has 1 fully saturated rings. The van der Waals surface area contributed by atoms with Crippen LogP contribution in [-0.2, 0) is 6.18 Å². The molecular formula is C21H24F3NO2. The maximum atomic E-state index is 13.0. The quantitative estimate of drug-likeness (QED) is 0.704. The number of ether oxygens (including phenoxy) is 2. The van der Waals surface area contributed by atoms with Crippen molar-refractivity contribution < 1.29 is 22.6 Å². The number of nitrogens with zero attached hydrogens (tertiary/aromatic N) is 1. The summed E-state index contributed by atoms with van der Waals surface area (Å²) in [4.78, 5) is 2.20. The normalized spacial score (nSPS) is 17.5. The van der Waals surface area contributed by atoms with Gasteiger partial charge in [-0.2, -0.15) is 13.2 Å². The summed E-state index contributed by atoms with van der Waals surface area (Å²) in [5, 5.41) is 0. The van der Waals surface area contributed by atoms with Gasteiger partial charge >= 0.3 is 6.18 Å². The van der Waals surface area contributed by atoms with E-state index in [2.05, 4.69) is 11.8 Å². The Balaban J connectivity index is 1.47. The predicted molar refractivity (Wildman–Crippen MR) is 98.1 cm³/mol. The van der Waals surface area contributed by atoms with Gasteiger partial charge in [0.25, 0.3) is 0 Å². The first-order chi connectivity index (χ1) is 12.9. The van der Waals surface area contributed by atoms with Crippen LogP contribution in [0.2, 0.25) is 0 Å². The highest BCUT2D eigenvalue weighted by Gasteiger charge is 2.34. The highest BCUT2D eigenvalue weighted by atomic mass is 19.4. The second-order valence-electron chi connectivity index (χ2n) is 7.05. The summed E-state index contributed by atoms with van der Waals surface area (Å²) in [5.74, 6) is 0.750. The van der Waals surface area contributed by atoms with Crippen LogP contribution in [0.5, 0.6) is 11.5 Å². The third-order valence-corrected chi connectivity index (χ3v) is 4.88. The molecule has 146 valence electrons. The van der Waals surface area contributed by atoms with E-state index in [9.17, 15) is 13.2 Å². The number of likely N-dealkylation sites (tertiary alicyclic amines) is 1. The standard InChI is InChI=1S/C21H24F3NO2/c1-20(27-17-7-3-2-4-8-17)11-13-25(14-12-20)15-16-26-19-10-6-5-9-18(19)21(22,23)24/h2-10H,11-16H2,1H3. The minimum Gasteiger partial charge on any atom is -0.492 e.